The third kappa shape index (κ3) is 5.78. The topological polar surface area (TPSA) is 55.3 Å². The van der Waals surface area contributed by atoms with Gasteiger partial charge in [0, 0.05) is 27.8 Å². The predicted octanol–water partition coefficient (Wildman–Crippen LogP) is 4.12. The molecule has 0 spiro atoms. The number of aliphatic hydroxyl groups is 1. The lowest BCUT2D eigenvalue weighted by atomic mass is 9.86. The van der Waals surface area contributed by atoms with Gasteiger partial charge in [0.05, 0.1) is 0 Å². The summed E-state index contributed by atoms with van der Waals surface area (Å²) in [5.41, 5.74) is -2.77. The molecule has 3 atom stereocenters. The van der Waals surface area contributed by atoms with Crippen LogP contribution in [0.25, 0.3) is 0 Å². The molecule has 0 amide bonds. The molecule has 1 rings (SSSR count). The minimum absolute atomic E-state index is 0.298. The van der Waals surface area contributed by atoms with Gasteiger partial charge in [0.15, 0.2) is 6.10 Å². The Morgan fingerprint density at radius 2 is 1.84 bits per heavy atom. The molecule has 0 aromatic heterocycles. The fraction of sp³-hybridized carbons (Fsp3) is 0.600. The summed E-state index contributed by atoms with van der Waals surface area (Å²) in [7, 11) is 0. The summed E-state index contributed by atoms with van der Waals surface area (Å²) < 4.78 is 80.6. The van der Waals surface area contributed by atoms with E-state index in [0.717, 1.165) is 12.1 Å². The molecule has 25 heavy (non-hydrogen) atoms. The highest BCUT2D eigenvalue weighted by Crippen LogP contribution is 2.37. The second-order valence-electron chi connectivity index (χ2n) is 6.58. The second-order valence-corrected chi connectivity index (χ2v) is 9.47. The lowest BCUT2D eigenvalue weighted by Gasteiger charge is -2.37. The molecule has 1 aromatic carbocycles. The van der Waals surface area contributed by atoms with Crippen LogP contribution in [-0.4, -0.2) is 33.4 Å². The van der Waals surface area contributed by atoms with E-state index in [1.165, 1.54) is 26.8 Å². The van der Waals surface area contributed by atoms with E-state index in [9.17, 15) is 31.6 Å². The van der Waals surface area contributed by atoms with Gasteiger partial charge in [-0.25, -0.2) is 8.78 Å². The Kier molecular flexibility index (Phi) is 7.31. The highest BCUT2D eigenvalue weighted by Gasteiger charge is 2.49. The summed E-state index contributed by atoms with van der Waals surface area (Å²) in [4.78, 5) is 0. The Balaban J connectivity index is 3.44. The first-order chi connectivity index (χ1) is 11.2. The van der Waals surface area contributed by atoms with Gasteiger partial charge in [0.25, 0.3) is 0 Å². The Bertz CT molecular complexity index is 572. The number of hydrogen-bond donors (Lipinski definition) is 2. The van der Waals surface area contributed by atoms with Crippen molar-refractivity contribution >= 4 is 27.3 Å². The van der Waals surface area contributed by atoms with E-state index in [1.54, 1.807) is 0 Å². The van der Waals surface area contributed by atoms with Gasteiger partial charge in [0.2, 0.25) is 0 Å². The minimum atomic E-state index is -5.03. The molecule has 0 aliphatic heterocycles. The first-order valence-electron chi connectivity index (χ1n) is 7.19. The summed E-state index contributed by atoms with van der Waals surface area (Å²) in [5, 5.41) is 9.42. The molecule has 10 heteroatoms. The van der Waals surface area contributed by atoms with Crippen molar-refractivity contribution < 1.29 is 31.6 Å². The standard InChI is InChI=1S/C15H19BrF5NO2S/c1-13(2,3)25(24)22-14(8-17,7-12(23)15(19,20)21)10-6-9(16)4-5-11(10)18/h4-6,12,22-23H,7-8H2,1-3H3/t12-,14+,25?/m0/s1. The molecule has 0 heterocycles. The average Bonchev–Trinajstić information content (AvgIpc) is 2.46. The van der Waals surface area contributed by atoms with E-state index in [-0.39, 0.29) is 0 Å². The normalized spacial score (nSPS) is 17.9. The molecule has 2 N–H and O–H groups in total. The van der Waals surface area contributed by atoms with Crippen molar-refractivity contribution in [1.29, 1.82) is 0 Å². The van der Waals surface area contributed by atoms with Crippen LogP contribution in [0.1, 0.15) is 32.8 Å². The molecule has 0 fully saturated rings. The molecular formula is C15H19BrF5NO2S. The number of aliphatic hydroxyl groups excluding tert-OH is 1. The van der Waals surface area contributed by atoms with Gasteiger partial charge in [-0.2, -0.15) is 13.2 Å². The average molecular weight is 452 g/mol. The van der Waals surface area contributed by atoms with Crippen molar-refractivity contribution in [2.24, 2.45) is 0 Å². The third-order valence-corrected chi connectivity index (χ3v) is 5.62. The molecule has 0 saturated heterocycles. The van der Waals surface area contributed by atoms with Crippen LogP contribution in [0.4, 0.5) is 22.0 Å². The maximum Gasteiger partial charge on any atom is 0.414 e. The largest absolute Gasteiger partial charge is 0.598 e. The zero-order valence-corrected chi connectivity index (χ0v) is 16.2. The van der Waals surface area contributed by atoms with E-state index in [2.05, 4.69) is 20.7 Å². The van der Waals surface area contributed by atoms with Gasteiger partial charge in [-0.1, -0.05) is 15.9 Å². The number of nitrogens with one attached hydrogen (secondary N) is 1. The highest BCUT2D eigenvalue weighted by molar-refractivity contribution is 9.10. The van der Waals surface area contributed by atoms with Gasteiger partial charge in [-0.05, 0) is 39.0 Å². The summed E-state index contributed by atoms with van der Waals surface area (Å²) >= 11 is 1.04. The maximum atomic E-state index is 14.3. The Hall–Kier alpha value is -0.420. The predicted molar refractivity (Wildman–Crippen MR) is 89.5 cm³/mol. The highest BCUT2D eigenvalue weighted by atomic mass is 79.9. The molecule has 3 nitrogen and oxygen atoms in total. The second kappa shape index (κ2) is 8.08. The van der Waals surface area contributed by atoms with Crippen molar-refractivity contribution in [3.63, 3.8) is 0 Å². The van der Waals surface area contributed by atoms with Crippen LogP contribution in [0.3, 0.4) is 0 Å². The van der Waals surface area contributed by atoms with Crippen LogP contribution in [0, 0.1) is 5.82 Å². The van der Waals surface area contributed by atoms with E-state index in [4.69, 9.17) is 0 Å². The number of hydrogen-bond acceptors (Lipinski definition) is 3. The molecule has 0 bridgehead atoms. The monoisotopic (exact) mass is 451 g/mol. The molecule has 0 aliphatic rings. The van der Waals surface area contributed by atoms with Gasteiger partial charge < -0.3 is 9.66 Å². The first-order valence-corrected chi connectivity index (χ1v) is 9.13. The van der Waals surface area contributed by atoms with Gasteiger partial charge in [0.1, 0.15) is 22.8 Å². The van der Waals surface area contributed by atoms with Crippen LogP contribution < -0.4 is 4.72 Å². The molecule has 0 saturated carbocycles. The van der Waals surface area contributed by atoms with E-state index < -0.39 is 58.4 Å². The summed E-state index contributed by atoms with van der Waals surface area (Å²) in [6.07, 6.45) is -9.19. The summed E-state index contributed by atoms with van der Waals surface area (Å²) in [6.45, 7) is 3.07. The number of alkyl halides is 4. The Labute approximate surface area is 154 Å². The molecule has 144 valence electrons. The van der Waals surface area contributed by atoms with Crippen LogP contribution in [0.15, 0.2) is 22.7 Å². The number of halogens is 6. The van der Waals surface area contributed by atoms with E-state index >= 15 is 0 Å². The Morgan fingerprint density at radius 1 is 1.28 bits per heavy atom. The van der Waals surface area contributed by atoms with Crippen molar-refractivity contribution in [2.45, 2.75) is 49.8 Å². The van der Waals surface area contributed by atoms with Gasteiger partial charge >= 0.3 is 6.18 Å². The molecule has 1 aromatic rings. The first kappa shape index (κ1) is 22.6. The van der Waals surface area contributed by atoms with Crippen molar-refractivity contribution in [3.05, 3.63) is 34.1 Å². The molecule has 1 unspecified atom stereocenters. The fourth-order valence-corrected chi connectivity index (χ4v) is 3.27. The van der Waals surface area contributed by atoms with E-state index in [0.29, 0.717) is 4.47 Å². The quantitative estimate of drug-likeness (QED) is 0.505. The lowest BCUT2D eigenvalue weighted by molar-refractivity contribution is -0.210. The van der Waals surface area contributed by atoms with Gasteiger partial charge in [-0.15, -0.1) is 4.72 Å². The van der Waals surface area contributed by atoms with Crippen molar-refractivity contribution in [2.75, 3.05) is 6.67 Å². The van der Waals surface area contributed by atoms with Crippen LogP contribution in [0.5, 0.6) is 0 Å². The molecular weight excluding hydrogens is 433 g/mol. The maximum absolute atomic E-state index is 14.3. The summed E-state index contributed by atoms with van der Waals surface area (Å²) in [6, 6.07) is 3.35. The lowest BCUT2D eigenvalue weighted by Crippen LogP contribution is -2.55. The number of rotatable bonds is 6. The third-order valence-electron chi connectivity index (χ3n) is 3.44. The molecule has 0 aliphatic carbocycles. The van der Waals surface area contributed by atoms with Crippen molar-refractivity contribution in [3.8, 4) is 0 Å². The Morgan fingerprint density at radius 3 is 2.28 bits per heavy atom. The van der Waals surface area contributed by atoms with Crippen LogP contribution in [0.2, 0.25) is 0 Å². The number of benzene rings is 1. The van der Waals surface area contributed by atoms with Crippen molar-refractivity contribution in [1.82, 2.24) is 4.72 Å². The zero-order chi connectivity index (χ0) is 19.6. The van der Waals surface area contributed by atoms with Crippen LogP contribution >= 0.6 is 15.9 Å². The molecule has 0 radical (unpaired) electrons. The SMILES string of the molecule is CC(C)(C)[S+]([O-])N[C@@](CF)(C[C@H](O)C(F)(F)F)c1cc(Br)ccc1F. The smallest absolute Gasteiger partial charge is 0.414 e. The fourth-order valence-electron chi connectivity index (χ4n) is 2.00. The minimum Gasteiger partial charge on any atom is -0.598 e. The van der Waals surface area contributed by atoms with Gasteiger partial charge in [-0.3, -0.25) is 0 Å². The van der Waals surface area contributed by atoms with E-state index in [1.807, 2.05) is 0 Å². The van der Waals surface area contributed by atoms with Crippen LogP contribution in [-0.2, 0) is 16.9 Å². The summed E-state index contributed by atoms with van der Waals surface area (Å²) in [5.74, 6) is -0.978. The zero-order valence-electron chi connectivity index (χ0n) is 13.8.